The summed E-state index contributed by atoms with van der Waals surface area (Å²) in [6.45, 7) is 9.00. The predicted octanol–water partition coefficient (Wildman–Crippen LogP) is 3.62. The van der Waals surface area contributed by atoms with Crippen LogP contribution >= 0.6 is 0 Å². The molecular weight excluding hydrogens is 312 g/mol. The number of anilines is 1. The Morgan fingerprint density at radius 1 is 1.40 bits per heavy atom. The van der Waals surface area contributed by atoms with Crippen LogP contribution in [-0.2, 0) is 11.3 Å². The standard InChI is InChI=1S/C20H32N4O/c1-5-10-20(3)11-7-12-24(15-20)19(21-4)22-14-17-8-6-9-18(13-17)23-16(2)25/h6,8-9,13H,5,7,10-12,14-15H2,1-4H3,(H,21,22)(H,23,25). The molecule has 5 heteroatoms. The Bertz CT molecular complexity index is 609. The number of amides is 1. The molecular formula is C20H32N4O. The lowest BCUT2D eigenvalue weighted by Crippen LogP contribution is -2.49. The SMILES string of the molecule is CCCC1(C)CCCN(C(=NC)NCc2cccc(NC(C)=O)c2)C1. The Hall–Kier alpha value is -2.04. The van der Waals surface area contributed by atoms with Gasteiger partial charge in [0.15, 0.2) is 5.96 Å². The van der Waals surface area contributed by atoms with E-state index in [1.54, 1.807) is 0 Å². The van der Waals surface area contributed by atoms with Gasteiger partial charge in [-0.15, -0.1) is 0 Å². The Labute approximate surface area is 151 Å². The summed E-state index contributed by atoms with van der Waals surface area (Å²) in [7, 11) is 1.85. The van der Waals surface area contributed by atoms with Crippen molar-refractivity contribution in [2.45, 2.75) is 53.0 Å². The van der Waals surface area contributed by atoms with Crippen LogP contribution in [0.3, 0.4) is 0 Å². The lowest BCUT2D eigenvalue weighted by molar-refractivity contribution is -0.114. The maximum absolute atomic E-state index is 11.2. The second-order valence-electron chi connectivity index (χ2n) is 7.37. The van der Waals surface area contributed by atoms with Crippen LogP contribution in [-0.4, -0.2) is 36.9 Å². The van der Waals surface area contributed by atoms with E-state index in [1.165, 1.54) is 32.6 Å². The molecule has 1 aliphatic heterocycles. The van der Waals surface area contributed by atoms with Gasteiger partial charge < -0.3 is 15.5 Å². The molecule has 1 aromatic rings. The second-order valence-corrected chi connectivity index (χ2v) is 7.37. The fourth-order valence-corrected chi connectivity index (χ4v) is 3.78. The first-order chi connectivity index (χ1) is 12.0. The highest BCUT2D eigenvalue weighted by Crippen LogP contribution is 2.33. The topological polar surface area (TPSA) is 56.7 Å². The van der Waals surface area contributed by atoms with Crippen LogP contribution in [0.1, 0.15) is 52.0 Å². The number of piperidine rings is 1. The fraction of sp³-hybridized carbons (Fsp3) is 0.600. The number of carbonyl (C=O) groups is 1. The molecule has 25 heavy (non-hydrogen) atoms. The molecule has 1 heterocycles. The number of hydrogen-bond acceptors (Lipinski definition) is 2. The van der Waals surface area contributed by atoms with Crippen LogP contribution in [0, 0.1) is 5.41 Å². The van der Waals surface area contributed by atoms with Crippen molar-refractivity contribution in [3.05, 3.63) is 29.8 Å². The van der Waals surface area contributed by atoms with E-state index in [0.29, 0.717) is 12.0 Å². The summed E-state index contributed by atoms with van der Waals surface area (Å²) in [5.74, 6) is 0.913. The fourth-order valence-electron chi connectivity index (χ4n) is 3.78. The lowest BCUT2D eigenvalue weighted by atomic mass is 9.78. The Kier molecular flexibility index (Phi) is 6.85. The summed E-state index contributed by atoms with van der Waals surface area (Å²) < 4.78 is 0. The lowest BCUT2D eigenvalue weighted by Gasteiger charge is -2.42. The van der Waals surface area contributed by atoms with Crippen molar-refractivity contribution in [1.82, 2.24) is 10.2 Å². The van der Waals surface area contributed by atoms with Gasteiger partial charge in [-0.25, -0.2) is 0 Å². The van der Waals surface area contributed by atoms with Crippen molar-refractivity contribution in [1.29, 1.82) is 0 Å². The van der Waals surface area contributed by atoms with Gasteiger partial charge in [0.05, 0.1) is 0 Å². The molecule has 0 aromatic heterocycles. The molecule has 1 amide bonds. The molecule has 1 aliphatic rings. The zero-order valence-electron chi connectivity index (χ0n) is 16.1. The van der Waals surface area contributed by atoms with Gasteiger partial charge in [0.25, 0.3) is 0 Å². The minimum absolute atomic E-state index is 0.0514. The molecule has 0 spiro atoms. The number of likely N-dealkylation sites (tertiary alicyclic amines) is 1. The van der Waals surface area contributed by atoms with Crippen molar-refractivity contribution in [3.8, 4) is 0 Å². The Morgan fingerprint density at radius 3 is 2.88 bits per heavy atom. The molecule has 1 saturated heterocycles. The number of nitrogens with zero attached hydrogens (tertiary/aromatic N) is 2. The van der Waals surface area contributed by atoms with Gasteiger partial charge in [-0.3, -0.25) is 9.79 Å². The first kappa shape index (κ1) is 19.3. The third-order valence-electron chi connectivity index (χ3n) is 4.84. The minimum Gasteiger partial charge on any atom is -0.352 e. The van der Waals surface area contributed by atoms with Crippen LogP contribution in [0.15, 0.2) is 29.3 Å². The van der Waals surface area contributed by atoms with Crippen molar-refractivity contribution >= 4 is 17.6 Å². The van der Waals surface area contributed by atoms with Crippen molar-refractivity contribution in [2.75, 3.05) is 25.5 Å². The highest BCUT2D eigenvalue weighted by Gasteiger charge is 2.31. The Balaban J connectivity index is 1.97. The predicted molar refractivity (Wildman–Crippen MR) is 105 cm³/mol. The van der Waals surface area contributed by atoms with E-state index in [1.807, 2.05) is 25.2 Å². The van der Waals surface area contributed by atoms with Crippen LogP contribution in [0.5, 0.6) is 0 Å². The van der Waals surface area contributed by atoms with Crippen LogP contribution < -0.4 is 10.6 Å². The van der Waals surface area contributed by atoms with Crippen LogP contribution in [0.25, 0.3) is 0 Å². The Morgan fingerprint density at radius 2 is 2.20 bits per heavy atom. The van der Waals surface area contributed by atoms with E-state index in [0.717, 1.165) is 30.3 Å². The van der Waals surface area contributed by atoms with Gasteiger partial charge in [-0.05, 0) is 42.4 Å². The van der Waals surface area contributed by atoms with Gasteiger partial charge >= 0.3 is 0 Å². The van der Waals surface area contributed by atoms with Crippen molar-refractivity contribution in [2.24, 2.45) is 10.4 Å². The highest BCUT2D eigenvalue weighted by atomic mass is 16.1. The maximum Gasteiger partial charge on any atom is 0.221 e. The third kappa shape index (κ3) is 5.76. The first-order valence-corrected chi connectivity index (χ1v) is 9.28. The van der Waals surface area contributed by atoms with Gasteiger partial charge in [-0.1, -0.05) is 32.4 Å². The highest BCUT2D eigenvalue weighted by molar-refractivity contribution is 5.88. The first-order valence-electron chi connectivity index (χ1n) is 9.28. The number of aliphatic imine (C=N–C) groups is 1. The second kappa shape index (κ2) is 8.88. The molecule has 0 bridgehead atoms. The van der Waals surface area contributed by atoms with Crippen LogP contribution in [0.4, 0.5) is 5.69 Å². The van der Waals surface area contributed by atoms with Gasteiger partial charge in [0, 0.05) is 39.3 Å². The number of nitrogens with one attached hydrogen (secondary N) is 2. The van der Waals surface area contributed by atoms with Crippen molar-refractivity contribution in [3.63, 3.8) is 0 Å². The summed E-state index contributed by atoms with van der Waals surface area (Å²) in [6.07, 6.45) is 5.01. The molecule has 2 rings (SSSR count). The molecule has 1 unspecified atom stereocenters. The molecule has 138 valence electrons. The number of rotatable bonds is 5. The van der Waals surface area contributed by atoms with Crippen molar-refractivity contribution < 1.29 is 4.79 Å². The molecule has 1 aromatic carbocycles. The molecule has 0 aliphatic carbocycles. The molecule has 2 N–H and O–H groups in total. The molecule has 0 saturated carbocycles. The quantitative estimate of drug-likeness (QED) is 0.633. The van der Waals surface area contributed by atoms with E-state index in [4.69, 9.17) is 0 Å². The third-order valence-corrected chi connectivity index (χ3v) is 4.84. The zero-order chi connectivity index (χ0) is 18.3. The molecule has 0 radical (unpaired) electrons. The van der Waals surface area contributed by atoms with E-state index in [-0.39, 0.29) is 5.91 Å². The average Bonchev–Trinajstić information content (AvgIpc) is 2.55. The molecule has 1 fully saturated rings. The molecule has 5 nitrogen and oxygen atoms in total. The summed E-state index contributed by atoms with van der Waals surface area (Å²) >= 11 is 0. The van der Waals surface area contributed by atoms with Gasteiger partial charge in [0.2, 0.25) is 5.91 Å². The minimum atomic E-state index is -0.0514. The normalized spacial score (nSPS) is 21.1. The largest absolute Gasteiger partial charge is 0.352 e. The maximum atomic E-state index is 11.2. The summed E-state index contributed by atoms with van der Waals surface area (Å²) in [6, 6.07) is 7.92. The average molecular weight is 345 g/mol. The zero-order valence-corrected chi connectivity index (χ0v) is 16.1. The number of guanidine groups is 1. The smallest absolute Gasteiger partial charge is 0.221 e. The monoisotopic (exact) mass is 344 g/mol. The van der Waals surface area contributed by atoms with E-state index in [9.17, 15) is 4.79 Å². The number of carbonyl (C=O) groups excluding carboxylic acids is 1. The van der Waals surface area contributed by atoms with Crippen LogP contribution in [0.2, 0.25) is 0 Å². The van der Waals surface area contributed by atoms with E-state index >= 15 is 0 Å². The summed E-state index contributed by atoms with van der Waals surface area (Å²) in [5, 5.41) is 6.31. The summed E-state index contributed by atoms with van der Waals surface area (Å²) in [4.78, 5) is 18.1. The van der Waals surface area contributed by atoms with E-state index in [2.05, 4.69) is 40.4 Å². The summed E-state index contributed by atoms with van der Waals surface area (Å²) in [5.41, 5.74) is 2.34. The number of hydrogen-bond donors (Lipinski definition) is 2. The van der Waals surface area contributed by atoms with E-state index < -0.39 is 0 Å². The van der Waals surface area contributed by atoms with Gasteiger partial charge in [-0.2, -0.15) is 0 Å². The number of benzene rings is 1. The van der Waals surface area contributed by atoms with Gasteiger partial charge in [0.1, 0.15) is 0 Å². The molecule has 1 atom stereocenters.